The highest BCUT2D eigenvalue weighted by molar-refractivity contribution is 4.83. The first-order chi connectivity index (χ1) is 7.40. The van der Waals surface area contributed by atoms with Crippen LogP contribution in [0.3, 0.4) is 0 Å². The average Bonchev–Trinajstić information content (AvgIpc) is 2.53. The van der Waals surface area contributed by atoms with Crippen LogP contribution in [0.2, 0.25) is 0 Å². The van der Waals surface area contributed by atoms with Crippen LogP contribution >= 0.6 is 0 Å². The topological polar surface area (TPSA) is 21.3 Å². The second-order valence-electron chi connectivity index (χ2n) is 5.29. The summed E-state index contributed by atoms with van der Waals surface area (Å²) in [6, 6.07) is 0. The van der Waals surface area contributed by atoms with Crippen molar-refractivity contribution < 1.29 is 4.74 Å². The van der Waals surface area contributed by atoms with E-state index in [9.17, 15) is 0 Å². The van der Waals surface area contributed by atoms with E-state index in [0.717, 1.165) is 18.4 Å². The molecule has 2 nitrogen and oxygen atoms in total. The third kappa shape index (κ3) is 3.18. The molecule has 2 unspecified atom stereocenters. The zero-order chi connectivity index (χ0) is 10.5. The van der Waals surface area contributed by atoms with Crippen molar-refractivity contribution in [1.29, 1.82) is 0 Å². The molecule has 1 saturated carbocycles. The molecule has 0 radical (unpaired) electrons. The van der Waals surface area contributed by atoms with E-state index in [1.54, 1.807) is 0 Å². The van der Waals surface area contributed by atoms with Gasteiger partial charge in [-0.05, 0) is 18.3 Å². The molecule has 0 spiro atoms. The van der Waals surface area contributed by atoms with Crippen LogP contribution in [0.1, 0.15) is 44.9 Å². The van der Waals surface area contributed by atoms with Gasteiger partial charge in [0.15, 0.2) is 0 Å². The molecule has 0 amide bonds. The van der Waals surface area contributed by atoms with Gasteiger partial charge in [0.25, 0.3) is 0 Å². The van der Waals surface area contributed by atoms with E-state index in [1.165, 1.54) is 51.5 Å². The van der Waals surface area contributed by atoms with Gasteiger partial charge in [0.05, 0.1) is 6.10 Å². The van der Waals surface area contributed by atoms with Crippen LogP contribution in [0.5, 0.6) is 0 Å². The molecule has 1 heterocycles. The maximum Gasteiger partial charge on any atom is 0.0735 e. The molecule has 2 rings (SSSR count). The molecule has 1 aliphatic heterocycles. The normalized spacial score (nSPS) is 34.2. The van der Waals surface area contributed by atoms with Crippen LogP contribution in [-0.2, 0) is 4.74 Å². The number of hydrogen-bond donors (Lipinski definition) is 1. The lowest BCUT2D eigenvalue weighted by Crippen LogP contribution is -2.23. The van der Waals surface area contributed by atoms with E-state index >= 15 is 0 Å². The Hall–Kier alpha value is -0.0800. The predicted octanol–water partition coefficient (Wildman–Crippen LogP) is 2.58. The number of methoxy groups -OCH3 is 1. The minimum absolute atomic E-state index is 0.480. The van der Waals surface area contributed by atoms with Crippen LogP contribution in [-0.4, -0.2) is 26.3 Å². The van der Waals surface area contributed by atoms with Gasteiger partial charge in [-0.1, -0.05) is 38.5 Å². The highest BCUT2D eigenvalue weighted by Crippen LogP contribution is 2.30. The second kappa shape index (κ2) is 5.86. The maximum atomic E-state index is 5.53. The average molecular weight is 211 g/mol. The molecule has 1 saturated heterocycles. The van der Waals surface area contributed by atoms with Crippen molar-refractivity contribution in [2.45, 2.75) is 51.0 Å². The van der Waals surface area contributed by atoms with Crippen molar-refractivity contribution in [2.24, 2.45) is 11.8 Å². The molecule has 0 aromatic rings. The first-order valence-corrected chi connectivity index (χ1v) is 6.63. The van der Waals surface area contributed by atoms with Gasteiger partial charge in [-0.25, -0.2) is 0 Å². The monoisotopic (exact) mass is 211 g/mol. The van der Waals surface area contributed by atoms with Gasteiger partial charge in [0.2, 0.25) is 0 Å². The van der Waals surface area contributed by atoms with Gasteiger partial charge in [-0.15, -0.1) is 0 Å². The first-order valence-electron chi connectivity index (χ1n) is 6.63. The maximum absolute atomic E-state index is 5.53. The molecule has 0 aromatic carbocycles. The van der Waals surface area contributed by atoms with Crippen molar-refractivity contribution in [3.8, 4) is 0 Å². The molecule has 0 aromatic heterocycles. The summed E-state index contributed by atoms with van der Waals surface area (Å²) in [5.74, 6) is 1.76. The SMILES string of the molecule is COC1CNCC1CC1CCCCCC1. The largest absolute Gasteiger partial charge is 0.380 e. The van der Waals surface area contributed by atoms with Gasteiger partial charge in [0.1, 0.15) is 0 Å². The molecule has 2 fully saturated rings. The lowest BCUT2D eigenvalue weighted by Gasteiger charge is -2.22. The van der Waals surface area contributed by atoms with E-state index in [-0.39, 0.29) is 0 Å². The quantitative estimate of drug-likeness (QED) is 0.724. The molecule has 2 heteroatoms. The lowest BCUT2D eigenvalue weighted by molar-refractivity contribution is 0.0724. The van der Waals surface area contributed by atoms with E-state index in [1.807, 2.05) is 7.11 Å². The summed E-state index contributed by atoms with van der Waals surface area (Å²) in [5.41, 5.74) is 0. The van der Waals surface area contributed by atoms with Crippen molar-refractivity contribution in [3.63, 3.8) is 0 Å². The van der Waals surface area contributed by atoms with E-state index < -0.39 is 0 Å². The third-order valence-electron chi connectivity index (χ3n) is 4.19. The summed E-state index contributed by atoms with van der Waals surface area (Å²) in [6.45, 7) is 2.24. The molecule has 1 N–H and O–H groups in total. The number of nitrogens with one attached hydrogen (secondary N) is 1. The predicted molar refractivity (Wildman–Crippen MR) is 63.0 cm³/mol. The Kier molecular flexibility index (Phi) is 4.45. The Morgan fingerprint density at radius 2 is 1.80 bits per heavy atom. The fourth-order valence-corrected chi connectivity index (χ4v) is 3.25. The van der Waals surface area contributed by atoms with E-state index in [0.29, 0.717) is 6.10 Å². The molecule has 0 bridgehead atoms. The van der Waals surface area contributed by atoms with Gasteiger partial charge >= 0.3 is 0 Å². The van der Waals surface area contributed by atoms with Crippen LogP contribution in [0, 0.1) is 11.8 Å². The molecular formula is C13H25NO. The zero-order valence-corrected chi connectivity index (χ0v) is 10.0. The van der Waals surface area contributed by atoms with Crippen LogP contribution in [0.15, 0.2) is 0 Å². The van der Waals surface area contributed by atoms with Crippen LogP contribution in [0.4, 0.5) is 0 Å². The van der Waals surface area contributed by atoms with Crippen molar-refractivity contribution in [3.05, 3.63) is 0 Å². The Bertz CT molecular complexity index is 175. The van der Waals surface area contributed by atoms with Gasteiger partial charge in [-0.2, -0.15) is 0 Å². The minimum Gasteiger partial charge on any atom is -0.380 e. The van der Waals surface area contributed by atoms with Crippen molar-refractivity contribution in [1.82, 2.24) is 5.32 Å². The Balaban J connectivity index is 1.78. The number of rotatable bonds is 3. The summed E-state index contributed by atoms with van der Waals surface area (Å²) < 4.78 is 5.53. The molecule has 2 aliphatic rings. The smallest absolute Gasteiger partial charge is 0.0735 e. The molecule has 2 atom stereocenters. The second-order valence-corrected chi connectivity index (χ2v) is 5.29. The van der Waals surface area contributed by atoms with Crippen molar-refractivity contribution in [2.75, 3.05) is 20.2 Å². The Labute approximate surface area is 93.8 Å². The van der Waals surface area contributed by atoms with Crippen molar-refractivity contribution >= 4 is 0 Å². The first kappa shape index (κ1) is 11.4. The number of hydrogen-bond acceptors (Lipinski definition) is 2. The molecule has 88 valence electrons. The summed E-state index contributed by atoms with van der Waals surface area (Å²) in [6.07, 6.45) is 10.7. The summed E-state index contributed by atoms with van der Waals surface area (Å²) >= 11 is 0. The zero-order valence-electron chi connectivity index (χ0n) is 10.0. The minimum atomic E-state index is 0.480. The molecule has 15 heavy (non-hydrogen) atoms. The van der Waals surface area contributed by atoms with E-state index in [2.05, 4.69) is 5.32 Å². The van der Waals surface area contributed by atoms with Gasteiger partial charge < -0.3 is 10.1 Å². The number of ether oxygens (including phenoxy) is 1. The van der Waals surface area contributed by atoms with Crippen LogP contribution < -0.4 is 5.32 Å². The Morgan fingerprint density at radius 1 is 1.07 bits per heavy atom. The lowest BCUT2D eigenvalue weighted by atomic mass is 9.87. The van der Waals surface area contributed by atoms with Gasteiger partial charge in [-0.3, -0.25) is 0 Å². The molecule has 1 aliphatic carbocycles. The summed E-state index contributed by atoms with van der Waals surface area (Å²) in [7, 11) is 1.86. The Morgan fingerprint density at radius 3 is 2.47 bits per heavy atom. The van der Waals surface area contributed by atoms with Crippen LogP contribution in [0.25, 0.3) is 0 Å². The highest BCUT2D eigenvalue weighted by Gasteiger charge is 2.29. The summed E-state index contributed by atoms with van der Waals surface area (Å²) in [5, 5.41) is 3.45. The third-order valence-corrected chi connectivity index (χ3v) is 4.19. The van der Waals surface area contributed by atoms with Gasteiger partial charge in [0, 0.05) is 20.2 Å². The molecular weight excluding hydrogens is 186 g/mol. The summed E-state index contributed by atoms with van der Waals surface area (Å²) in [4.78, 5) is 0. The fourth-order valence-electron chi connectivity index (χ4n) is 3.25. The standard InChI is InChI=1S/C13H25NO/c1-15-13-10-14-9-12(13)8-11-6-4-2-3-5-7-11/h11-14H,2-10H2,1H3. The fraction of sp³-hybridized carbons (Fsp3) is 1.00. The highest BCUT2D eigenvalue weighted by atomic mass is 16.5. The van der Waals surface area contributed by atoms with E-state index in [4.69, 9.17) is 4.74 Å².